The second-order valence-corrected chi connectivity index (χ2v) is 3.07. The van der Waals surface area contributed by atoms with Gasteiger partial charge in [-0.25, -0.2) is 0 Å². The molecule has 0 aliphatic rings. The standard InChI is InChI=1S/C10H16N2O/c1-3-4-10(11)12-7-9-6-5-8(2)13-9/h5-6H,3-4,7H2,1-2H3,(H2,11,12). The first-order valence-corrected chi connectivity index (χ1v) is 4.56. The summed E-state index contributed by atoms with van der Waals surface area (Å²) >= 11 is 0. The van der Waals surface area contributed by atoms with Gasteiger partial charge in [0, 0.05) is 6.42 Å². The topological polar surface area (TPSA) is 51.5 Å². The van der Waals surface area contributed by atoms with E-state index in [0.29, 0.717) is 12.4 Å². The normalized spacial score (nSPS) is 12.0. The smallest absolute Gasteiger partial charge is 0.125 e. The van der Waals surface area contributed by atoms with E-state index < -0.39 is 0 Å². The Hall–Kier alpha value is -1.25. The van der Waals surface area contributed by atoms with Gasteiger partial charge in [-0.05, 0) is 25.5 Å². The van der Waals surface area contributed by atoms with Gasteiger partial charge in [0.05, 0.1) is 12.4 Å². The summed E-state index contributed by atoms with van der Waals surface area (Å²) in [4.78, 5) is 4.20. The molecule has 3 heteroatoms. The molecule has 0 aromatic carbocycles. The predicted octanol–water partition coefficient (Wildman–Crippen LogP) is 2.25. The van der Waals surface area contributed by atoms with Crippen LogP contribution in [0.15, 0.2) is 21.5 Å². The third-order valence-electron chi connectivity index (χ3n) is 1.74. The van der Waals surface area contributed by atoms with E-state index in [1.54, 1.807) is 0 Å². The molecule has 0 spiro atoms. The number of nitrogens with two attached hydrogens (primary N) is 1. The minimum absolute atomic E-state index is 0.555. The molecule has 0 fully saturated rings. The largest absolute Gasteiger partial charge is 0.464 e. The van der Waals surface area contributed by atoms with E-state index in [1.807, 2.05) is 19.1 Å². The Kier molecular flexibility index (Phi) is 3.55. The molecule has 1 rings (SSSR count). The average molecular weight is 180 g/mol. The van der Waals surface area contributed by atoms with Crippen molar-refractivity contribution in [3.63, 3.8) is 0 Å². The first-order chi connectivity index (χ1) is 6.22. The third kappa shape index (κ3) is 3.32. The second-order valence-electron chi connectivity index (χ2n) is 3.07. The Balaban J connectivity index is 2.46. The molecule has 0 amide bonds. The average Bonchev–Trinajstić information content (AvgIpc) is 2.49. The number of nitrogens with zero attached hydrogens (tertiary/aromatic N) is 1. The first-order valence-electron chi connectivity index (χ1n) is 4.56. The van der Waals surface area contributed by atoms with Crippen LogP contribution in [0.1, 0.15) is 31.3 Å². The Morgan fingerprint density at radius 3 is 2.85 bits per heavy atom. The Morgan fingerprint density at radius 2 is 2.31 bits per heavy atom. The third-order valence-corrected chi connectivity index (χ3v) is 1.74. The van der Waals surface area contributed by atoms with E-state index in [-0.39, 0.29) is 0 Å². The number of rotatable bonds is 4. The van der Waals surface area contributed by atoms with Crippen LogP contribution in [0.2, 0.25) is 0 Å². The van der Waals surface area contributed by atoms with Gasteiger partial charge < -0.3 is 10.2 Å². The molecule has 0 saturated heterocycles. The number of hydrogen-bond donors (Lipinski definition) is 1. The summed E-state index contributed by atoms with van der Waals surface area (Å²) < 4.78 is 5.35. The Morgan fingerprint density at radius 1 is 1.54 bits per heavy atom. The highest BCUT2D eigenvalue weighted by Gasteiger charge is 1.96. The van der Waals surface area contributed by atoms with Crippen LogP contribution >= 0.6 is 0 Å². The number of aliphatic imine (C=N–C) groups is 1. The van der Waals surface area contributed by atoms with Crippen molar-refractivity contribution in [3.05, 3.63) is 23.7 Å². The molecule has 0 saturated carbocycles. The maximum atomic E-state index is 5.65. The maximum Gasteiger partial charge on any atom is 0.125 e. The van der Waals surface area contributed by atoms with Gasteiger partial charge in [0.15, 0.2) is 0 Å². The van der Waals surface area contributed by atoms with Crippen molar-refractivity contribution in [3.8, 4) is 0 Å². The molecule has 2 N–H and O–H groups in total. The van der Waals surface area contributed by atoms with E-state index in [9.17, 15) is 0 Å². The van der Waals surface area contributed by atoms with Gasteiger partial charge in [0.25, 0.3) is 0 Å². The fourth-order valence-electron chi connectivity index (χ4n) is 1.08. The Bertz CT molecular complexity index is 289. The van der Waals surface area contributed by atoms with Crippen molar-refractivity contribution < 1.29 is 4.42 Å². The molecule has 1 aromatic rings. The highest BCUT2D eigenvalue weighted by molar-refractivity contribution is 5.80. The molecule has 0 aliphatic carbocycles. The fourth-order valence-corrected chi connectivity index (χ4v) is 1.08. The van der Waals surface area contributed by atoms with E-state index in [0.717, 1.165) is 24.4 Å². The predicted molar refractivity (Wildman–Crippen MR) is 53.7 cm³/mol. The quantitative estimate of drug-likeness (QED) is 0.570. The molecule has 0 aliphatic heterocycles. The van der Waals surface area contributed by atoms with E-state index in [1.165, 1.54) is 0 Å². The molecular formula is C10H16N2O. The van der Waals surface area contributed by atoms with Gasteiger partial charge >= 0.3 is 0 Å². The van der Waals surface area contributed by atoms with Crippen molar-refractivity contribution >= 4 is 5.84 Å². The van der Waals surface area contributed by atoms with Crippen LogP contribution in [0.25, 0.3) is 0 Å². The first kappa shape index (κ1) is 9.84. The lowest BCUT2D eigenvalue weighted by atomic mass is 10.3. The summed E-state index contributed by atoms with van der Waals surface area (Å²) in [7, 11) is 0. The SMILES string of the molecule is CCCC(N)=NCc1ccc(C)o1. The minimum Gasteiger partial charge on any atom is -0.464 e. The van der Waals surface area contributed by atoms with Crippen LogP contribution in [-0.4, -0.2) is 5.84 Å². The zero-order chi connectivity index (χ0) is 9.68. The van der Waals surface area contributed by atoms with Crippen molar-refractivity contribution in [1.82, 2.24) is 0 Å². The minimum atomic E-state index is 0.555. The zero-order valence-corrected chi connectivity index (χ0v) is 8.21. The van der Waals surface area contributed by atoms with E-state index in [2.05, 4.69) is 11.9 Å². The molecule has 0 atom stereocenters. The summed E-state index contributed by atoms with van der Waals surface area (Å²) in [6.07, 6.45) is 1.90. The van der Waals surface area contributed by atoms with Crippen molar-refractivity contribution in [2.45, 2.75) is 33.2 Å². The van der Waals surface area contributed by atoms with Crippen LogP contribution in [-0.2, 0) is 6.54 Å². The molecule has 1 aromatic heterocycles. The monoisotopic (exact) mass is 180 g/mol. The number of hydrogen-bond acceptors (Lipinski definition) is 2. The zero-order valence-electron chi connectivity index (χ0n) is 8.21. The summed E-state index contributed by atoms with van der Waals surface area (Å²) in [5.41, 5.74) is 5.65. The highest BCUT2D eigenvalue weighted by Crippen LogP contribution is 2.07. The van der Waals surface area contributed by atoms with Crippen molar-refractivity contribution in [1.29, 1.82) is 0 Å². The summed E-state index contributed by atoms with van der Waals surface area (Å²) in [6.45, 7) is 4.56. The molecule has 0 unspecified atom stereocenters. The lowest BCUT2D eigenvalue weighted by molar-refractivity contribution is 0.486. The number of amidine groups is 1. The van der Waals surface area contributed by atoms with Gasteiger partial charge in [-0.15, -0.1) is 0 Å². The van der Waals surface area contributed by atoms with Crippen molar-refractivity contribution in [2.75, 3.05) is 0 Å². The van der Waals surface area contributed by atoms with Gasteiger partial charge in [0.2, 0.25) is 0 Å². The van der Waals surface area contributed by atoms with Gasteiger partial charge in [-0.2, -0.15) is 0 Å². The summed E-state index contributed by atoms with van der Waals surface area (Å²) in [6, 6.07) is 3.86. The van der Waals surface area contributed by atoms with Crippen molar-refractivity contribution in [2.24, 2.45) is 10.7 Å². The molecule has 0 radical (unpaired) electrons. The molecule has 3 nitrogen and oxygen atoms in total. The Labute approximate surface area is 78.7 Å². The van der Waals surface area contributed by atoms with E-state index in [4.69, 9.17) is 10.2 Å². The fraction of sp³-hybridized carbons (Fsp3) is 0.500. The van der Waals surface area contributed by atoms with E-state index >= 15 is 0 Å². The van der Waals surface area contributed by atoms with Crippen LogP contribution in [0, 0.1) is 6.92 Å². The van der Waals surface area contributed by atoms with Crippen LogP contribution in [0.5, 0.6) is 0 Å². The molecule has 72 valence electrons. The summed E-state index contributed by atoms with van der Waals surface area (Å²) in [5, 5.41) is 0. The molecule has 13 heavy (non-hydrogen) atoms. The highest BCUT2D eigenvalue weighted by atomic mass is 16.3. The molecular weight excluding hydrogens is 164 g/mol. The lowest BCUT2D eigenvalue weighted by Crippen LogP contribution is -2.10. The molecule has 1 heterocycles. The van der Waals surface area contributed by atoms with Gasteiger partial charge in [-0.3, -0.25) is 4.99 Å². The second kappa shape index (κ2) is 4.70. The maximum absolute atomic E-state index is 5.65. The van der Waals surface area contributed by atoms with Crippen LogP contribution < -0.4 is 5.73 Å². The van der Waals surface area contributed by atoms with Crippen LogP contribution in [0.4, 0.5) is 0 Å². The van der Waals surface area contributed by atoms with Gasteiger partial charge in [-0.1, -0.05) is 6.92 Å². The summed E-state index contributed by atoms with van der Waals surface area (Å²) in [5.74, 6) is 2.49. The lowest BCUT2D eigenvalue weighted by Gasteiger charge is -1.96. The van der Waals surface area contributed by atoms with Crippen LogP contribution in [0.3, 0.4) is 0 Å². The molecule has 0 bridgehead atoms. The van der Waals surface area contributed by atoms with Gasteiger partial charge in [0.1, 0.15) is 11.5 Å². The number of furan rings is 1. The number of aryl methyl sites for hydroxylation is 1.